The van der Waals surface area contributed by atoms with Crippen molar-refractivity contribution >= 4 is 6.09 Å². The average molecular weight is 290 g/mol. The first kappa shape index (κ1) is 15.8. The predicted octanol–water partition coefficient (Wildman–Crippen LogP) is 2.81. The van der Waals surface area contributed by atoms with Crippen molar-refractivity contribution in [1.29, 1.82) is 0 Å². The minimum absolute atomic E-state index is 0.00599. The standard InChI is InChI=1S/C17H26N2O2/c1-17(2,3)21-16(20)19-10-9-14(15(18)12-19)11-13-7-5-4-6-8-13/h4-8,14-15H,9-12,18H2,1-3H3. The molecule has 0 spiro atoms. The SMILES string of the molecule is CC(C)(C)OC(=O)N1CCC(Cc2ccccc2)C(N)C1. The molecule has 116 valence electrons. The van der Waals surface area contributed by atoms with Crippen molar-refractivity contribution in [3.8, 4) is 0 Å². The van der Waals surface area contributed by atoms with Crippen molar-refractivity contribution in [2.45, 2.75) is 45.3 Å². The van der Waals surface area contributed by atoms with Crippen LogP contribution in [0.1, 0.15) is 32.8 Å². The fourth-order valence-electron chi connectivity index (χ4n) is 2.69. The lowest BCUT2D eigenvalue weighted by atomic mass is 9.87. The molecule has 1 saturated heterocycles. The van der Waals surface area contributed by atoms with Crippen LogP contribution >= 0.6 is 0 Å². The number of ether oxygens (including phenoxy) is 1. The maximum Gasteiger partial charge on any atom is 0.410 e. The van der Waals surface area contributed by atoms with Crippen molar-refractivity contribution in [3.63, 3.8) is 0 Å². The summed E-state index contributed by atoms with van der Waals surface area (Å²) in [4.78, 5) is 13.8. The smallest absolute Gasteiger partial charge is 0.410 e. The lowest BCUT2D eigenvalue weighted by molar-refractivity contribution is 0.0160. The highest BCUT2D eigenvalue weighted by atomic mass is 16.6. The van der Waals surface area contributed by atoms with Gasteiger partial charge in [-0.25, -0.2) is 4.79 Å². The van der Waals surface area contributed by atoms with Crippen LogP contribution in [0, 0.1) is 5.92 Å². The van der Waals surface area contributed by atoms with Crippen LogP contribution in [0.5, 0.6) is 0 Å². The van der Waals surface area contributed by atoms with Gasteiger partial charge in [-0.2, -0.15) is 0 Å². The molecule has 1 fully saturated rings. The molecule has 2 rings (SSSR count). The third kappa shape index (κ3) is 4.74. The predicted molar refractivity (Wildman–Crippen MR) is 84.0 cm³/mol. The van der Waals surface area contributed by atoms with Crippen molar-refractivity contribution < 1.29 is 9.53 Å². The molecule has 0 bridgehead atoms. The van der Waals surface area contributed by atoms with Crippen LogP contribution in [-0.2, 0) is 11.2 Å². The van der Waals surface area contributed by atoms with Gasteiger partial charge in [0.2, 0.25) is 0 Å². The number of nitrogens with two attached hydrogens (primary N) is 1. The van der Waals surface area contributed by atoms with Gasteiger partial charge in [0.25, 0.3) is 0 Å². The second-order valence-electron chi connectivity index (χ2n) is 6.83. The molecule has 2 N–H and O–H groups in total. The van der Waals surface area contributed by atoms with Crippen LogP contribution in [0.3, 0.4) is 0 Å². The zero-order valence-corrected chi connectivity index (χ0v) is 13.2. The molecule has 2 atom stereocenters. The first-order valence-corrected chi connectivity index (χ1v) is 7.62. The Kier molecular flexibility index (Phi) is 4.88. The van der Waals surface area contributed by atoms with Gasteiger partial charge in [-0.05, 0) is 45.1 Å². The molecule has 1 aromatic rings. The molecular weight excluding hydrogens is 264 g/mol. The monoisotopic (exact) mass is 290 g/mol. The number of carbonyl (C=O) groups is 1. The van der Waals surface area contributed by atoms with E-state index in [1.54, 1.807) is 4.90 Å². The molecule has 0 aliphatic carbocycles. The molecule has 1 aromatic carbocycles. The Bertz CT molecular complexity index is 467. The average Bonchev–Trinajstić information content (AvgIpc) is 2.40. The topological polar surface area (TPSA) is 55.6 Å². The van der Waals surface area contributed by atoms with Gasteiger partial charge in [0.05, 0.1) is 0 Å². The molecule has 1 aliphatic rings. The zero-order valence-electron chi connectivity index (χ0n) is 13.2. The number of carbonyl (C=O) groups excluding carboxylic acids is 1. The van der Waals surface area contributed by atoms with E-state index in [2.05, 4.69) is 24.3 Å². The molecule has 0 radical (unpaired) electrons. The van der Waals surface area contributed by atoms with Gasteiger partial charge in [0.1, 0.15) is 5.60 Å². The van der Waals surface area contributed by atoms with E-state index in [0.717, 1.165) is 19.4 Å². The molecule has 21 heavy (non-hydrogen) atoms. The minimum atomic E-state index is -0.456. The Morgan fingerprint density at radius 3 is 2.57 bits per heavy atom. The van der Waals surface area contributed by atoms with E-state index in [9.17, 15) is 4.79 Å². The number of likely N-dealkylation sites (tertiary alicyclic amines) is 1. The van der Waals surface area contributed by atoms with Crippen molar-refractivity contribution in [3.05, 3.63) is 35.9 Å². The summed E-state index contributed by atoms with van der Waals surface area (Å²) in [6, 6.07) is 10.4. The highest BCUT2D eigenvalue weighted by Gasteiger charge is 2.31. The molecule has 4 nitrogen and oxygen atoms in total. The minimum Gasteiger partial charge on any atom is -0.444 e. The van der Waals surface area contributed by atoms with E-state index >= 15 is 0 Å². The lowest BCUT2D eigenvalue weighted by Crippen LogP contribution is -2.52. The number of hydrogen-bond acceptors (Lipinski definition) is 3. The number of nitrogens with zero attached hydrogens (tertiary/aromatic N) is 1. The van der Waals surface area contributed by atoms with Crippen molar-refractivity contribution in [2.75, 3.05) is 13.1 Å². The Morgan fingerprint density at radius 1 is 1.33 bits per heavy atom. The summed E-state index contributed by atoms with van der Waals surface area (Å²) in [5.41, 5.74) is 7.12. The largest absolute Gasteiger partial charge is 0.444 e. The highest BCUT2D eigenvalue weighted by Crippen LogP contribution is 2.22. The molecule has 4 heteroatoms. The Morgan fingerprint density at radius 2 is 2.00 bits per heavy atom. The van der Waals surface area contributed by atoms with Gasteiger partial charge >= 0.3 is 6.09 Å². The van der Waals surface area contributed by atoms with Gasteiger partial charge < -0.3 is 15.4 Å². The Labute approximate surface area is 127 Å². The summed E-state index contributed by atoms with van der Waals surface area (Å²) in [7, 11) is 0. The van der Waals surface area contributed by atoms with Gasteiger partial charge in [0.15, 0.2) is 0 Å². The number of benzene rings is 1. The quantitative estimate of drug-likeness (QED) is 0.911. The molecule has 1 aliphatic heterocycles. The van der Waals surface area contributed by atoms with E-state index in [0.29, 0.717) is 12.5 Å². The number of rotatable bonds is 2. The van der Waals surface area contributed by atoms with Crippen LogP contribution < -0.4 is 5.73 Å². The highest BCUT2D eigenvalue weighted by molar-refractivity contribution is 5.68. The van der Waals surface area contributed by atoms with E-state index in [1.807, 2.05) is 26.8 Å². The fourth-order valence-corrected chi connectivity index (χ4v) is 2.69. The lowest BCUT2D eigenvalue weighted by Gasteiger charge is -2.37. The van der Waals surface area contributed by atoms with E-state index in [1.165, 1.54) is 5.56 Å². The summed E-state index contributed by atoms with van der Waals surface area (Å²) in [6.45, 7) is 6.94. The second-order valence-corrected chi connectivity index (χ2v) is 6.83. The van der Waals surface area contributed by atoms with Crippen LogP contribution in [0.2, 0.25) is 0 Å². The van der Waals surface area contributed by atoms with Crippen molar-refractivity contribution in [1.82, 2.24) is 4.90 Å². The summed E-state index contributed by atoms with van der Waals surface area (Å²) in [6.07, 6.45) is 1.65. The first-order valence-electron chi connectivity index (χ1n) is 7.62. The molecule has 1 amide bonds. The molecular formula is C17H26N2O2. The van der Waals surface area contributed by atoms with E-state index < -0.39 is 5.60 Å². The number of hydrogen-bond donors (Lipinski definition) is 1. The molecule has 0 aromatic heterocycles. The number of piperidine rings is 1. The summed E-state index contributed by atoms with van der Waals surface area (Å²) < 4.78 is 5.41. The van der Waals surface area contributed by atoms with Crippen LogP contribution in [0.4, 0.5) is 4.79 Å². The maximum absolute atomic E-state index is 12.1. The molecule has 1 heterocycles. The van der Waals surface area contributed by atoms with Gasteiger partial charge in [0, 0.05) is 19.1 Å². The summed E-state index contributed by atoms with van der Waals surface area (Å²) in [5.74, 6) is 0.422. The normalized spacial score (nSPS) is 23.0. The Hall–Kier alpha value is -1.55. The fraction of sp³-hybridized carbons (Fsp3) is 0.588. The van der Waals surface area contributed by atoms with Crippen molar-refractivity contribution in [2.24, 2.45) is 11.7 Å². The summed E-state index contributed by atoms with van der Waals surface area (Å²) >= 11 is 0. The van der Waals surface area contributed by atoms with Gasteiger partial charge in [-0.15, -0.1) is 0 Å². The number of amides is 1. The summed E-state index contributed by atoms with van der Waals surface area (Å²) in [5, 5.41) is 0. The third-order valence-corrected chi connectivity index (χ3v) is 3.80. The first-order chi connectivity index (χ1) is 9.85. The van der Waals surface area contributed by atoms with Gasteiger partial charge in [-0.3, -0.25) is 0 Å². The zero-order chi connectivity index (χ0) is 15.5. The van der Waals surface area contributed by atoms with Crippen LogP contribution in [0.15, 0.2) is 30.3 Å². The maximum atomic E-state index is 12.1. The van der Waals surface area contributed by atoms with E-state index in [4.69, 9.17) is 10.5 Å². The van der Waals surface area contributed by atoms with Crippen LogP contribution in [0.25, 0.3) is 0 Å². The third-order valence-electron chi connectivity index (χ3n) is 3.80. The van der Waals surface area contributed by atoms with E-state index in [-0.39, 0.29) is 12.1 Å². The second kappa shape index (κ2) is 6.48. The van der Waals surface area contributed by atoms with Crippen LogP contribution in [-0.4, -0.2) is 35.7 Å². The molecule has 0 saturated carbocycles. The molecule has 2 unspecified atom stereocenters. The van der Waals surface area contributed by atoms with Gasteiger partial charge in [-0.1, -0.05) is 30.3 Å². The Balaban J connectivity index is 1.89.